The molecule has 0 atom stereocenters. The molecule has 2 rings (SSSR count). The van der Waals surface area contributed by atoms with Crippen LogP contribution in [0.1, 0.15) is 10.4 Å². The lowest BCUT2D eigenvalue weighted by atomic mass is 10.2. The minimum atomic E-state index is -1.27. The van der Waals surface area contributed by atoms with Crippen molar-refractivity contribution >= 4 is 17.5 Å². The van der Waals surface area contributed by atoms with Gasteiger partial charge in [-0.1, -0.05) is 0 Å². The van der Waals surface area contributed by atoms with Gasteiger partial charge in [-0.25, -0.2) is 18.7 Å². The zero-order valence-electron chi connectivity index (χ0n) is 11.1. The van der Waals surface area contributed by atoms with Gasteiger partial charge in [-0.2, -0.15) is 0 Å². The molecule has 0 amide bonds. The first-order chi connectivity index (χ1) is 9.81. The molecule has 21 heavy (non-hydrogen) atoms. The predicted octanol–water partition coefficient (Wildman–Crippen LogP) is 0.0599. The first-order valence-corrected chi connectivity index (χ1v) is 5.75. The van der Waals surface area contributed by atoms with Crippen LogP contribution >= 0.6 is 0 Å². The number of halogens is 1. The Morgan fingerprint density at radius 1 is 1.33 bits per heavy atom. The van der Waals surface area contributed by atoms with E-state index in [0.29, 0.717) is 0 Å². The summed E-state index contributed by atoms with van der Waals surface area (Å²) in [5.41, 5.74) is -1.69. The van der Waals surface area contributed by atoms with Crippen LogP contribution < -0.4 is 16.6 Å². The van der Waals surface area contributed by atoms with Crippen LogP contribution in [0.3, 0.4) is 0 Å². The molecule has 0 aliphatic heterocycles. The Bertz CT molecular complexity index is 840. The largest absolute Gasteiger partial charge is 0.478 e. The lowest BCUT2D eigenvalue weighted by Gasteiger charge is -2.09. The van der Waals surface area contributed by atoms with Crippen LogP contribution in [-0.4, -0.2) is 25.4 Å². The van der Waals surface area contributed by atoms with Crippen molar-refractivity contribution in [2.75, 3.05) is 5.32 Å². The molecule has 0 fully saturated rings. The molecule has 1 heterocycles. The molecule has 0 bridgehead atoms. The highest BCUT2D eigenvalue weighted by molar-refractivity contribution is 5.88. The van der Waals surface area contributed by atoms with E-state index in [2.05, 4.69) is 10.4 Å². The number of carboxylic acids is 1. The molecular weight excluding hydrogens is 283 g/mol. The van der Waals surface area contributed by atoms with Crippen LogP contribution in [-0.2, 0) is 14.1 Å². The highest BCUT2D eigenvalue weighted by atomic mass is 19.1. The summed E-state index contributed by atoms with van der Waals surface area (Å²) in [5.74, 6) is -2.37. The van der Waals surface area contributed by atoms with E-state index in [1.807, 2.05) is 0 Å². The van der Waals surface area contributed by atoms with Gasteiger partial charge in [-0.05, 0) is 18.2 Å². The number of rotatable bonds is 3. The fourth-order valence-electron chi connectivity index (χ4n) is 1.65. The summed E-state index contributed by atoms with van der Waals surface area (Å²) in [6, 6.07) is 3.17. The molecule has 2 aromatic rings. The second-order valence-corrected chi connectivity index (χ2v) is 4.24. The van der Waals surface area contributed by atoms with Crippen LogP contribution in [0.25, 0.3) is 0 Å². The third-order valence-electron chi connectivity index (χ3n) is 2.79. The number of aryl methyl sites for hydroxylation is 1. The fourth-order valence-corrected chi connectivity index (χ4v) is 1.65. The monoisotopic (exact) mass is 294 g/mol. The fraction of sp³-hybridized carbons (Fsp3) is 0.167. The van der Waals surface area contributed by atoms with Gasteiger partial charge in [0, 0.05) is 14.1 Å². The molecular formula is C12H11FN4O4. The quantitative estimate of drug-likeness (QED) is 0.829. The molecule has 9 heteroatoms. The zero-order valence-corrected chi connectivity index (χ0v) is 11.1. The van der Waals surface area contributed by atoms with Crippen molar-refractivity contribution in [1.29, 1.82) is 0 Å². The molecule has 8 nitrogen and oxygen atoms in total. The van der Waals surface area contributed by atoms with Gasteiger partial charge >= 0.3 is 11.7 Å². The Hall–Kier alpha value is -2.97. The molecule has 0 unspecified atom stereocenters. The summed E-state index contributed by atoms with van der Waals surface area (Å²) in [4.78, 5) is 34.0. The van der Waals surface area contributed by atoms with Gasteiger partial charge in [0.25, 0.3) is 5.56 Å². The number of nitrogens with zero attached hydrogens (tertiary/aromatic N) is 3. The van der Waals surface area contributed by atoms with Crippen LogP contribution in [0, 0.1) is 5.82 Å². The van der Waals surface area contributed by atoms with Crippen LogP contribution in [0.4, 0.5) is 15.9 Å². The average Bonchev–Trinajstić information content (AvgIpc) is 2.44. The first kappa shape index (κ1) is 14.4. The number of aromatic nitrogens is 3. The maximum atomic E-state index is 13.8. The predicted molar refractivity (Wildman–Crippen MR) is 71.4 cm³/mol. The van der Waals surface area contributed by atoms with Crippen molar-refractivity contribution in [1.82, 2.24) is 14.3 Å². The number of carbonyl (C=O) groups is 1. The highest BCUT2D eigenvalue weighted by Gasteiger charge is 2.13. The number of benzene rings is 1. The van der Waals surface area contributed by atoms with Gasteiger partial charge in [0.15, 0.2) is 0 Å². The SMILES string of the molecule is Cn1nc(Nc2ccc(C(=O)O)cc2F)c(=O)n(C)c1=O. The molecule has 1 aromatic carbocycles. The third kappa shape index (κ3) is 2.66. The maximum Gasteiger partial charge on any atom is 0.346 e. The summed E-state index contributed by atoms with van der Waals surface area (Å²) < 4.78 is 15.5. The Morgan fingerprint density at radius 2 is 2.00 bits per heavy atom. The van der Waals surface area contributed by atoms with Crippen molar-refractivity contribution in [3.8, 4) is 0 Å². The van der Waals surface area contributed by atoms with Gasteiger partial charge in [-0.15, -0.1) is 5.10 Å². The van der Waals surface area contributed by atoms with Gasteiger partial charge in [0.2, 0.25) is 5.82 Å². The molecule has 0 spiro atoms. The summed E-state index contributed by atoms with van der Waals surface area (Å²) in [6.07, 6.45) is 0. The summed E-state index contributed by atoms with van der Waals surface area (Å²) in [6.45, 7) is 0. The van der Waals surface area contributed by atoms with E-state index < -0.39 is 23.0 Å². The van der Waals surface area contributed by atoms with E-state index in [-0.39, 0.29) is 17.1 Å². The second kappa shape index (κ2) is 5.19. The number of carboxylic acid groups (broad SMARTS) is 1. The van der Waals surface area contributed by atoms with Crippen molar-refractivity contribution in [2.24, 2.45) is 14.1 Å². The second-order valence-electron chi connectivity index (χ2n) is 4.24. The summed E-state index contributed by atoms with van der Waals surface area (Å²) >= 11 is 0. The molecule has 110 valence electrons. The Morgan fingerprint density at radius 3 is 2.57 bits per heavy atom. The molecule has 2 N–H and O–H groups in total. The normalized spacial score (nSPS) is 10.4. The van der Waals surface area contributed by atoms with E-state index in [1.165, 1.54) is 26.2 Å². The van der Waals surface area contributed by atoms with E-state index in [9.17, 15) is 18.8 Å². The van der Waals surface area contributed by atoms with Crippen molar-refractivity contribution in [2.45, 2.75) is 0 Å². The van der Waals surface area contributed by atoms with Gasteiger partial charge < -0.3 is 10.4 Å². The van der Waals surface area contributed by atoms with Crippen molar-refractivity contribution in [3.05, 3.63) is 50.4 Å². The average molecular weight is 294 g/mol. The number of hydrogen-bond acceptors (Lipinski definition) is 5. The highest BCUT2D eigenvalue weighted by Crippen LogP contribution is 2.18. The minimum absolute atomic E-state index is 0.122. The number of anilines is 2. The Labute approximate surface area is 117 Å². The van der Waals surface area contributed by atoms with Crippen LogP contribution in [0.2, 0.25) is 0 Å². The topological polar surface area (TPSA) is 106 Å². The van der Waals surface area contributed by atoms with Crippen molar-refractivity contribution < 1.29 is 14.3 Å². The summed E-state index contributed by atoms with van der Waals surface area (Å²) in [7, 11) is 2.61. The molecule has 0 radical (unpaired) electrons. The van der Waals surface area contributed by atoms with E-state index in [1.54, 1.807) is 0 Å². The smallest absolute Gasteiger partial charge is 0.346 e. The first-order valence-electron chi connectivity index (χ1n) is 5.75. The lowest BCUT2D eigenvalue weighted by Crippen LogP contribution is -2.39. The molecule has 0 aliphatic rings. The Balaban J connectivity index is 2.46. The number of hydrogen-bond donors (Lipinski definition) is 2. The minimum Gasteiger partial charge on any atom is -0.478 e. The van der Waals surface area contributed by atoms with Gasteiger partial charge in [-0.3, -0.25) is 9.36 Å². The van der Waals surface area contributed by atoms with Crippen LogP contribution in [0.5, 0.6) is 0 Å². The summed E-state index contributed by atoms with van der Waals surface area (Å²) in [5, 5.41) is 14.9. The molecule has 1 aromatic heterocycles. The third-order valence-corrected chi connectivity index (χ3v) is 2.79. The molecule has 0 aliphatic carbocycles. The van der Waals surface area contributed by atoms with Crippen LogP contribution in [0.15, 0.2) is 27.8 Å². The molecule has 0 saturated heterocycles. The van der Waals surface area contributed by atoms with Gasteiger partial charge in [0.1, 0.15) is 5.82 Å². The van der Waals surface area contributed by atoms with Gasteiger partial charge in [0.05, 0.1) is 11.3 Å². The van der Waals surface area contributed by atoms with Crippen molar-refractivity contribution in [3.63, 3.8) is 0 Å². The Kier molecular flexibility index (Phi) is 3.57. The maximum absolute atomic E-state index is 13.8. The van der Waals surface area contributed by atoms with E-state index in [0.717, 1.165) is 15.3 Å². The standard InChI is InChI=1S/C12H11FN4O4/c1-16-10(18)9(15-17(2)12(16)21)14-8-4-3-6(11(19)20)5-7(8)13/h3-5H,1-2H3,(H,14,15)(H,19,20). The lowest BCUT2D eigenvalue weighted by molar-refractivity contribution is 0.0696. The number of aromatic carboxylic acids is 1. The van der Waals surface area contributed by atoms with E-state index >= 15 is 0 Å². The van der Waals surface area contributed by atoms with E-state index in [4.69, 9.17) is 5.11 Å². The zero-order chi connectivity index (χ0) is 15.7. The molecule has 0 saturated carbocycles. The number of nitrogens with one attached hydrogen (secondary N) is 1.